The van der Waals surface area contributed by atoms with Crippen molar-refractivity contribution in [2.45, 2.75) is 24.3 Å². The SMILES string of the molecule is CCc1ccc(C(Br)c2ccc(C(F)(F)F)cc2)s1. The first-order valence-electron chi connectivity index (χ1n) is 5.81. The highest BCUT2D eigenvalue weighted by Crippen LogP contribution is 2.37. The first-order valence-corrected chi connectivity index (χ1v) is 7.55. The number of halogens is 4. The zero-order chi connectivity index (χ0) is 14.0. The van der Waals surface area contributed by atoms with Gasteiger partial charge in [-0.05, 0) is 36.2 Å². The lowest BCUT2D eigenvalue weighted by Crippen LogP contribution is -2.04. The second kappa shape index (κ2) is 5.67. The van der Waals surface area contributed by atoms with Crippen LogP contribution in [-0.2, 0) is 12.6 Å². The van der Waals surface area contributed by atoms with Crippen molar-refractivity contribution in [3.63, 3.8) is 0 Å². The molecule has 1 aromatic carbocycles. The molecular formula is C14H12BrF3S. The van der Waals surface area contributed by atoms with E-state index in [-0.39, 0.29) is 4.83 Å². The third-order valence-corrected chi connectivity index (χ3v) is 5.43. The largest absolute Gasteiger partial charge is 0.416 e. The average Bonchev–Trinajstić information content (AvgIpc) is 2.86. The molecule has 0 fully saturated rings. The molecule has 5 heteroatoms. The molecule has 0 aliphatic rings. The van der Waals surface area contributed by atoms with Gasteiger partial charge >= 0.3 is 6.18 Å². The van der Waals surface area contributed by atoms with Crippen LogP contribution in [0.15, 0.2) is 36.4 Å². The van der Waals surface area contributed by atoms with Crippen molar-refractivity contribution in [3.05, 3.63) is 57.3 Å². The lowest BCUT2D eigenvalue weighted by atomic mass is 10.1. The summed E-state index contributed by atoms with van der Waals surface area (Å²) < 4.78 is 37.4. The topological polar surface area (TPSA) is 0 Å². The van der Waals surface area contributed by atoms with Gasteiger partial charge in [0.05, 0.1) is 10.4 Å². The molecule has 0 aliphatic carbocycles. The predicted octanol–water partition coefficient (Wildman–Crippen LogP) is 5.81. The van der Waals surface area contributed by atoms with Crippen LogP contribution in [-0.4, -0.2) is 0 Å². The van der Waals surface area contributed by atoms with Crippen molar-refractivity contribution in [1.82, 2.24) is 0 Å². The molecule has 0 bridgehead atoms. The van der Waals surface area contributed by atoms with Crippen LogP contribution in [0.1, 0.15) is 32.6 Å². The first-order chi connectivity index (χ1) is 8.91. The molecule has 0 spiro atoms. The molecule has 0 nitrogen and oxygen atoms in total. The Labute approximate surface area is 122 Å². The van der Waals surface area contributed by atoms with Crippen LogP contribution in [0, 0.1) is 0 Å². The van der Waals surface area contributed by atoms with Crippen molar-refractivity contribution in [2.24, 2.45) is 0 Å². The molecule has 102 valence electrons. The Morgan fingerprint density at radius 1 is 1.11 bits per heavy atom. The molecule has 0 N–H and O–H groups in total. The summed E-state index contributed by atoms with van der Waals surface area (Å²) in [5, 5.41) is 0. The van der Waals surface area contributed by atoms with E-state index in [1.165, 1.54) is 17.0 Å². The zero-order valence-corrected chi connectivity index (χ0v) is 12.6. The number of hydrogen-bond donors (Lipinski definition) is 0. The van der Waals surface area contributed by atoms with E-state index in [4.69, 9.17) is 0 Å². The van der Waals surface area contributed by atoms with E-state index in [1.54, 1.807) is 11.3 Å². The molecule has 2 rings (SSSR count). The standard InChI is InChI=1S/C14H12BrF3S/c1-2-11-7-8-12(19-11)13(15)9-3-5-10(6-4-9)14(16,17)18/h3-8,13H,2H2,1H3. The average molecular weight is 349 g/mol. The van der Waals surface area contributed by atoms with Gasteiger partial charge in [0.15, 0.2) is 0 Å². The van der Waals surface area contributed by atoms with Crippen molar-refractivity contribution >= 4 is 27.3 Å². The Bertz CT molecular complexity index is 543. The van der Waals surface area contributed by atoms with E-state index in [0.29, 0.717) is 0 Å². The molecule has 1 aromatic heterocycles. The van der Waals surface area contributed by atoms with Crippen LogP contribution >= 0.6 is 27.3 Å². The second-order valence-electron chi connectivity index (χ2n) is 4.14. The highest BCUT2D eigenvalue weighted by atomic mass is 79.9. The summed E-state index contributed by atoms with van der Waals surface area (Å²) in [4.78, 5) is 2.32. The maximum absolute atomic E-state index is 12.5. The number of benzene rings is 1. The van der Waals surface area contributed by atoms with E-state index in [0.717, 1.165) is 29.0 Å². The lowest BCUT2D eigenvalue weighted by molar-refractivity contribution is -0.137. The van der Waals surface area contributed by atoms with E-state index < -0.39 is 11.7 Å². The third-order valence-electron chi connectivity index (χ3n) is 2.81. The molecule has 1 unspecified atom stereocenters. The van der Waals surface area contributed by atoms with Gasteiger partial charge in [-0.1, -0.05) is 35.0 Å². The highest BCUT2D eigenvalue weighted by molar-refractivity contribution is 9.09. The zero-order valence-electron chi connectivity index (χ0n) is 10.2. The van der Waals surface area contributed by atoms with E-state index in [2.05, 4.69) is 28.9 Å². The Hall–Kier alpha value is -0.810. The van der Waals surface area contributed by atoms with Gasteiger partial charge in [-0.2, -0.15) is 13.2 Å². The predicted molar refractivity (Wildman–Crippen MR) is 75.9 cm³/mol. The smallest absolute Gasteiger partial charge is 0.166 e. The number of thiophene rings is 1. The van der Waals surface area contributed by atoms with Crippen LogP contribution in [0.5, 0.6) is 0 Å². The summed E-state index contributed by atoms with van der Waals surface area (Å²) in [7, 11) is 0. The summed E-state index contributed by atoms with van der Waals surface area (Å²) in [6.07, 6.45) is -3.31. The quantitative estimate of drug-likeness (QED) is 0.613. The minimum Gasteiger partial charge on any atom is -0.166 e. The number of aryl methyl sites for hydroxylation is 1. The fourth-order valence-corrected chi connectivity index (χ4v) is 3.42. The minimum absolute atomic E-state index is 0.0555. The van der Waals surface area contributed by atoms with Gasteiger partial charge in [0.2, 0.25) is 0 Å². The van der Waals surface area contributed by atoms with Crippen molar-refractivity contribution in [1.29, 1.82) is 0 Å². The first kappa shape index (κ1) is 14.6. The molecule has 1 atom stereocenters. The second-order valence-corrected chi connectivity index (χ2v) is 6.26. The van der Waals surface area contributed by atoms with Gasteiger partial charge in [0.1, 0.15) is 0 Å². The fourth-order valence-electron chi connectivity index (χ4n) is 1.73. The van der Waals surface area contributed by atoms with E-state index in [9.17, 15) is 13.2 Å². The molecule has 0 amide bonds. The maximum Gasteiger partial charge on any atom is 0.416 e. The molecule has 0 aliphatic heterocycles. The van der Waals surface area contributed by atoms with Gasteiger partial charge in [-0.3, -0.25) is 0 Å². The molecule has 1 heterocycles. The van der Waals surface area contributed by atoms with E-state index in [1.807, 2.05) is 6.07 Å². The third kappa shape index (κ3) is 3.39. The van der Waals surface area contributed by atoms with Gasteiger partial charge in [-0.15, -0.1) is 11.3 Å². The van der Waals surface area contributed by atoms with Crippen molar-refractivity contribution in [2.75, 3.05) is 0 Å². The minimum atomic E-state index is -4.28. The number of hydrogen-bond acceptors (Lipinski definition) is 1. The number of rotatable bonds is 3. The van der Waals surface area contributed by atoms with Crippen LogP contribution in [0.2, 0.25) is 0 Å². The Morgan fingerprint density at radius 2 is 1.74 bits per heavy atom. The van der Waals surface area contributed by atoms with Gasteiger partial charge in [0.25, 0.3) is 0 Å². The van der Waals surface area contributed by atoms with Crippen LogP contribution in [0.3, 0.4) is 0 Å². The fraction of sp³-hybridized carbons (Fsp3) is 0.286. The Kier molecular flexibility index (Phi) is 4.36. The van der Waals surface area contributed by atoms with Crippen molar-refractivity contribution in [3.8, 4) is 0 Å². The van der Waals surface area contributed by atoms with Gasteiger partial charge in [-0.25, -0.2) is 0 Å². The summed E-state index contributed by atoms with van der Waals surface area (Å²) >= 11 is 5.22. The lowest BCUT2D eigenvalue weighted by Gasteiger charge is -2.11. The Morgan fingerprint density at radius 3 is 2.21 bits per heavy atom. The van der Waals surface area contributed by atoms with Crippen LogP contribution in [0.4, 0.5) is 13.2 Å². The van der Waals surface area contributed by atoms with Crippen LogP contribution < -0.4 is 0 Å². The van der Waals surface area contributed by atoms with Crippen molar-refractivity contribution < 1.29 is 13.2 Å². The molecule has 0 saturated carbocycles. The molecular weight excluding hydrogens is 337 g/mol. The van der Waals surface area contributed by atoms with E-state index >= 15 is 0 Å². The number of alkyl halides is 4. The maximum atomic E-state index is 12.5. The molecule has 0 radical (unpaired) electrons. The monoisotopic (exact) mass is 348 g/mol. The van der Waals surface area contributed by atoms with Gasteiger partial charge < -0.3 is 0 Å². The summed E-state index contributed by atoms with van der Waals surface area (Å²) in [6.45, 7) is 2.08. The normalized spacial score (nSPS) is 13.5. The molecule has 2 aromatic rings. The summed E-state index contributed by atoms with van der Waals surface area (Å²) in [5.74, 6) is 0. The highest BCUT2D eigenvalue weighted by Gasteiger charge is 2.30. The summed E-state index contributed by atoms with van der Waals surface area (Å²) in [6, 6.07) is 9.36. The molecule has 19 heavy (non-hydrogen) atoms. The van der Waals surface area contributed by atoms with Gasteiger partial charge in [0, 0.05) is 9.75 Å². The summed E-state index contributed by atoms with van der Waals surface area (Å²) in [5.41, 5.74) is 0.217. The molecule has 0 saturated heterocycles. The Balaban J connectivity index is 2.22. The van der Waals surface area contributed by atoms with Crippen LogP contribution in [0.25, 0.3) is 0 Å².